The van der Waals surface area contributed by atoms with Crippen LogP contribution in [0.5, 0.6) is 0 Å². The molecule has 2 aliphatic rings. The molecule has 2 fully saturated rings. The lowest BCUT2D eigenvalue weighted by Crippen LogP contribution is -2.46. The van der Waals surface area contributed by atoms with Crippen LogP contribution in [0.25, 0.3) is 10.9 Å². The first-order valence-corrected chi connectivity index (χ1v) is 16.2. The Bertz CT molecular complexity index is 1490. The van der Waals surface area contributed by atoms with Crippen molar-refractivity contribution in [2.75, 3.05) is 30.9 Å². The van der Waals surface area contributed by atoms with Gasteiger partial charge in [-0.2, -0.15) is 0 Å². The van der Waals surface area contributed by atoms with Crippen molar-refractivity contribution in [1.82, 2.24) is 20.2 Å². The van der Waals surface area contributed by atoms with Crippen molar-refractivity contribution < 1.29 is 14.6 Å². The highest BCUT2D eigenvalue weighted by molar-refractivity contribution is 7.93. The number of para-hydroxylation sites is 1. The van der Waals surface area contributed by atoms with Crippen LogP contribution in [-0.4, -0.2) is 55.4 Å². The maximum atomic E-state index is 12.8. The van der Waals surface area contributed by atoms with E-state index in [0.717, 1.165) is 18.5 Å². The molecular formula is C33H45N5O3S. The molecule has 0 atom stereocenters. The minimum absolute atomic E-state index is 0. The number of aromatic nitrogens is 2. The van der Waals surface area contributed by atoms with E-state index in [-0.39, 0.29) is 12.2 Å². The second-order valence-corrected chi connectivity index (χ2v) is 11.7. The van der Waals surface area contributed by atoms with Gasteiger partial charge in [-0.25, -0.2) is 8.42 Å². The molecule has 42 heavy (non-hydrogen) atoms. The van der Waals surface area contributed by atoms with Crippen molar-refractivity contribution in [2.24, 2.45) is 0 Å². The Morgan fingerprint density at radius 2 is 1.48 bits per heavy atom. The molecule has 0 spiro atoms. The number of nitrogens with zero attached hydrogens (tertiary/aromatic N) is 3. The molecule has 1 amide bonds. The maximum Gasteiger partial charge on any atom is 0.264 e. The molecule has 0 radical (unpaired) electrons. The smallest absolute Gasteiger partial charge is 0.264 e. The lowest BCUT2D eigenvalue weighted by molar-refractivity contribution is 0.0736. The third kappa shape index (κ3) is 9.63. The third-order valence-electron chi connectivity index (χ3n) is 6.69. The van der Waals surface area contributed by atoms with E-state index in [0.29, 0.717) is 29.9 Å². The molecule has 1 saturated carbocycles. The van der Waals surface area contributed by atoms with Crippen LogP contribution in [0.15, 0.2) is 84.1 Å². The molecule has 9 heteroatoms. The van der Waals surface area contributed by atoms with Gasteiger partial charge in [-0.15, -0.1) is 0 Å². The fourth-order valence-electron chi connectivity index (χ4n) is 4.19. The second-order valence-electron chi connectivity index (χ2n) is 10.0. The molecule has 0 bridgehead atoms. The first-order valence-electron chi connectivity index (χ1n) is 14.7. The average molecular weight is 592 g/mol. The number of carbonyl (C=O) groups excluding carboxylic acids is 1. The van der Waals surface area contributed by atoms with Gasteiger partial charge in [0.1, 0.15) is 4.90 Å². The van der Waals surface area contributed by atoms with Crippen molar-refractivity contribution >= 4 is 32.5 Å². The molecule has 6 rings (SSSR count). The Labute approximate surface area is 252 Å². The number of aryl methyl sites for hydroxylation is 2. The van der Waals surface area contributed by atoms with Gasteiger partial charge in [0.05, 0.1) is 5.52 Å². The largest absolute Gasteiger partial charge is 0.336 e. The van der Waals surface area contributed by atoms with Gasteiger partial charge in [0.2, 0.25) is 0 Å². The van der Waals surface area contributed by atoms with E-state index in [1.807, 2.05) is 52.2 Å². The number of rotatable bonds is 4. The number of pyridine rings is 2. The van der Waals surface area contributed by atoms with Gasteiger partial charge in [-0.3, -0.25) is 19.5 Å². The molecule has 2 aromatic carbocycles. The van der Waals surface area contributed by atoms with E-state index in [9.17, 15) is 13.2 Å². The van der Waals surface area contributed by atoms with Gasteiger partial charge in [0, 0.05) is 62.8 Å². The predicted molar refractivity (Wildman–Crippen MR) is 173 cm³/mol. The number of carbonyl (C=O) groups is 1. The van der Waals surface area contributed by atoms with Crippen LogP contribution in [0.2, 0.25) is 0 Å². The minimum atomic E-state index is -3.81. The number of piperazine rings is 1. The molecule has 1 aliphatic heterocycles. The van der Waals surface area contributed by atoms with Crippen LogP contribution in [0, 0.1) is 13.8 Å². The molecular weight excluding hydrogens is 546 g/mol. The fourth-order valence-corrected chi connectivity index (χ4v) is 5.43. The lowest BCUT2D eigenvalue weighted by Gasteiger charge is -2.27. The number of benzene rings is 2. The van der Waals surface area contributed by atoms with E-state index in [1.165, 1.54) is 42.9 Å². The van der Waals surface area contributed by atoms with Gasteiger partial charge >= 0.3 is 0 Å². The zero-order valence-electron chi connectivity index (χ0n) is 25.1. The number of anilines is 1. The summed E-state index contributed by atoms with van der Waals surface area (Å²) in [7, 11) is -3.81. The van der Waals surface area contributed by atoms with Crippen molar-refractivity contribution in [3.05, 3.63) is 95.9 Å². The molecule has 226 valence electrons. The number of fused-ring (bicyclic) bond motifs is 1. The summed E-state index contributed by atoms with van der Waals surface area (Å²) < 4.78 is 28.3. The Hall–Kier alpha value is -3.82. The highest BCUT2D eigenvalue weighted by Gasteiger charge is 2.20. The SMILES string of the molecule is C1CCC1.CC.Cc1cncc(C)c1.O=C(c1ccc(NS(=O)(=O)c2cccc3cccnc23)cc1)N1CCNCC1.[HH]. The van der Waals surface area contributed by atoms with E-state index in [2.05, 4.69) is 26.1 Å². The number of amides is 1. The molecule has 0 unspecified atom stereocenters. The summed E-state index contributed by atoms with van der Waals surface area (Å²) in [6.07, 6.45) is 11.3. The van der Waals surface area contributed by atoms with Gasteiger partial charge in [-0.05, 0) is 61.4 Å². The Balaban J connectivity index is 0.000000355. The zero-order valence-corrected chi connectivity index (χ0v) is 26.0. The Morgan fingerprint density at radius 1 is 0.881 bits per heavy atom. The number of hydrogen-bond donors (Lipinski definition) is 2. The zero-order chi connectivity index (χ0) is 30.4. The molecule has 1 saturated heterocycles. The van der Waals surface area contributed by atoms with Crippen LogP contribution < -0.4 is 10.0 Å². The van der Waals surface area contributed by atoms with Crippen molar-refractivity contribution in [3.63, 3.8) is 0 Å². The topological polar surface area (TPSA) is 104 Å². The van der Waals surface area contributed by atoms with E-state index in [4.69, 9.17) is 0 Å². The van der Waals surface area contributed by atoms with Gasteiger partial charge in [0.25, 0.3) is 15.9 Å². The summed E-state index contributed by atoms with van der Waals surface area (Å²) in [5.41, 5.74) is 3.81. The fraction of sp³-hybridized carbons (Fsp3) is 0.364. The van der Waals surface area contributed by atoms with Crippen LogP contribution in [-0.2, 0) is 10.0 Å². The summed E-state index contributed by atoms with van der Waals surface area (Å²) in [6, 6.07) is 17.2. The summed E-state index contributed by atoms with van der Waals surface area (Å²) in [5.74, 6) is -0.0471. The number of hydrogen-bond acceptors (Lipinski definition) is 6. The highest BCUT2D eigenvalue weighted by atomic mass is 32.2. The van der Waals surface area contributed by atoms with Gasteiger partial charge < -0.3 is 10.2 Å². The predicted octanol–water partition coefficient (Wildman–Crippen LogP) is 6.61. The summed E-state index contributed by atoms with van der Waals surface area (Å²) in [6.45, 7) is 11.0. The second kappa shape index (κ2) is 16.6. The lowest BCUT2D eigenvalue weighted by atomic mass is 10.0. The monoisotopic (exact) mass is 591 g/mol. The molecule has 3 heterocycles. The molecule has 2 N–H and O–H groups in total. The van der Waals surface area contributed by atoms with Crippen LogP contribution >= 0.6 is 0 Å². The van der Waals surface area contributed by atoms with Crippen LogP contribution in [0.3, 0.4) is 0 Å². The van der Waals surface area contributed by atoms with E-state index in [1.54, 1.807) is 47.5 Å². The maximum absolute atomic E-state index is 12.8. The van der Waals surface area contributed by atoms with Crippen molar-refractivity contribution in [3.8, 4) is 0 Å². The standard InChI is InChI=1S/C20H20N4O3S.C7H9N.C4H8.C2H6.H2/c25-20(24-13-11-21-12-14-24)16-6-8-17(9-7-16)23-28(26,27)18-5-1-3-15-4-2-10-22-19(15)18;1-6-3-7(2)5-8-4-6;1-2-4-3-1;1-2;/h1-10,21,23H,11-14H2;3-5H,1-2H3;1-4H2;1-2H3;1H. The van der Waals surface area contributed by atoms with Gasteiger partial charge in [-0.1, -0.05) is 63.8 Å². The minimum Gasteiger partial charge on any atom is -0.336 e. The van der Waals surface area contributed by atoms with Crippen molar-refractivity contribution in [2.45, 2.75) is 58.3 Å². The molecule has 2 aromatic heterocycles. The van der Waals surface area contributed by atoms with E-state index >= 15 is 0 Å². The number of sulfonamides is 1. The average Bonchev–Trinajstić information content (AvgIpc) is 2.97. The molecule has 8 nitrogen and oxygen atoms in total. The van der Waals surface area contributed by atoms with Crippen molar-refractivity contribution in [1.29, 1.82) is 0 Å². The Morgan fingerprint density at radius 3 is 2.02 bits per heavy atom. The summed E-state index contributed by atoms with van der Waals surface area (Å²) in [5, 5.41) is 3.96. The normalized spacial score (nSPS) is 14.0. The third-order valence-corrected chi connectivity index (χ3v) is 8.10. The van der Waals surface area contributed by atoms with Crippen LogP contribution in [0.4, 0.5) is 5.69 Å². The highest BCUT2D eigenvalue weighted by Crippen LogP contribution is 2.23. The first-order chi connectivity index (χ1) is 20.3. The molecule has 1 aliphatic carbocycles. The van der Waals surface area contributed by atoms with Crippen LogP contribution in [0.1, 0.15) is 62.4 Å². The summed E-state index contributed by atoms with van der Waals surface area (Å²) >= 11 is 0. The quantitative estimate of drug-likeness (QED) is 0.277. The first kappa shape index (κ1) is 32.7. The Kier molecular flexibility index (Phi) is 12.9. The molecule has 4 aromatic rings. The van der Waals surface area contributed by atoms with E-state index < -0.39 is 10.0 Å². The number of nitrogens with one attached hydrogen (secondary N) is 2. The van der Waals surface area contributed by atoms with Gasteiger partial charge in [0.15, 0.2) is 0 Å². The summed E-state index contributed by atoms with van der Waals surface area (Å²) in [4.78, 5) is 22.6.